The van der Waals surface area contributed by atoms with Crippen LogP contribution in [0.4, 0.5) is 23.4 Å². The van der Waals surface area contributed by atoms with Gasteiger partial charge in [-0.2, -0.15) is 13.2 Å². The number of aromatic nitrogens is 2. The van der Waals surface area contributed by atoms with Crippen molar-refractivity contribution in [1.29, 1.82) is 0 Å². The molecule has 2 aromatic rings. The van der Waals surface area contributed by atoms with E-state index in [1.807, 2.05) is 14.1 Å². The fourth-order valence-electron chi connectivity index (χ4n) is 3.78. The number of rotatable bonds is 4. The number of anilines is 1. The fraction of sp³-hybridized carbons (Fsp3) is 0.579. The molecule has 1 aromatic heterocycles. The molecule has 1 aliphatic rings. The van der Waals surface area contributed by atoms with E-state index in [1.165, 1.54) is 25.0 Å². The molecule has 1 aliphatic carbocycles. The van der Waals surface area contributed by atoms with E-state index in [0.717, 1.165) is 31.7 Å². The standard InChI is InChI=1S/C19H24F4N4/c1-27(2)18(9-5-3-4-6-10-18)12-24-16-14-8-7-13(20)11-15(14)25-17(26-16)19(21,22)23/h7-8,11H,3-6,9-10,12H2,1-2H3,(H,24,25,26). The van der Waals surface area contributed by atoms with Crippen LogP contribution in [0.2, 0.25) is 0 Å². The molecule has 0 radical (unpaired) electrons. The molecular formula is C19H24F4N4. The molecule has 0 spiro atoms. The zero-order valence-corrected chi connectivity index (χ0v) is 15.5. The molecule has 27 heavy (non-hydrogen) atoms. The van der Waals surface area contributed by atoms with Crippen LogP contribution < -0.4 is 5.32 Å². The Hall–Kier alpha value is -1.96. The van der Waals surface area contributed by atoms with Gasteiger partial charge in [-0.15, -0.1) is 0 Å². The lowest BCUT2D eigenvalue weighted by Gasteiger charge is -2.40. The highest BCUT2D eigenvalue weighted by atomic mass is 19.4. The van der Waals surface area contributed by atoms with Crippen molar-refractivity contribution >= 4 is 16.7 Å². The molecular weight excluding hydrogens is 360 g/mol. The van der Waals surface area contributed by atoms with Crippen LogP contribution in [0.25, 0.3) is 10.9 Å². The second-order valence-electron chi connectivity index (χ2n) is 7.44. The Morgan fingerprint density at radius 1 is 1.07 bits per heavy atom. The number of fused-ring (bicyclic) bond motifs is 1. The van der Waals surface area contributed by atoms with Gasteiger partial charge in [0.2, 0.25) is 5.82 Å². The number of nitrogens with one attached hydrogen (secondary N) is 1. The largest absolute Gasteiger partial charge is 0.451 e. The third-order valence-electron chi connectivity index (χ3n) is 5.48. The van der Waals surface area contributed by atoms with Crippen LogP contribution >= 0.6 is 0 Å². The van der Waals surface area contributed by atoms with Gasteiger partial charge in [0.15, 0.2) is 0 Å². The highest BCUT2D eigenvalue weighted by Gasteiger charge is 2.37. The molecule has 0 unspecified atom stereocenters. The van der Waals surface area contributed by atoms with Gasteiger partial charge in [-0.25, -0.2) is 14.4 Å². The molecule has 148 valence electrons. The first-order valence-electron chi connectivity index (χ1n) is 9.17. The molecule has 1 saturated carbocycles. The third kappa shape index (κ3) is 4.31. The minimum Gasteiger partial charge on any atom is -0.368 e. The molecule has 8 heteroatoms. The van der Waals surface area contributed by atoms with Crippen molar-refractivity contribution in [2.75, 3.05) is 26.0 Å². The van der Waals surface area contributed by atoms with Crippen LogP contribution in [0.3, 0.4) is 0 Å². The molecule has 1 heterocycles. The average Bonchev–Trinajstić information content (AvgIpc) is 2.85. The van der Waals surface area contributed by atoms with Crippen molar-refractivity contribution < 1.29 is 17.6 Å². The maximum atomic E-state index is 13.5. The summed E-state index contributed by atoms with van der Waals surface area (Å²) in [6.07, 6.45) is 1.76. The zero-order valence-electron chi connectivity index (χ0n) is 15.5. The van der Waals surface area contributed by atoms with E-state index >= 15 is 0 Å². The molecule has 0 aliphatic heterocycles. The lowest BCUT2D eigenvalue weighted by molar-refractivity contribution is -0.144. The van der Waals surface area contributed by atoms with Crippen LogP contribution in [0, 0.1) is 5.82 Å². The number of hydrogen-bond acceptors (Lipinski definition) is 4. The summed E-state index contributed by atoms with van der Waals surface area (Å²) >= 11 is 0. The summed E-state index contributed by atoms with van der Waals surface area (Å²) in [4.78, 5) is 9.37. The highest BCUT2D eigenvalue weighted by molar-refractivity contribution is 5.89. The Morgan fingerprint density at radius 3 is 2.33 bits per heavy atom. The van der Waals surface area contributed by atoms with Gasteiger partial charge in [-0.1, -0.05) is 25.7 Å². The van der Waals surface area contributed by atoms with Gasteiger partial charge in [-0.3, -0.25) is 0 Å². The van der Waals surface area contributed by atoms with E-state index in [4.69, 9.17) is 0 Å². The van der Waals surface area contributed by atoms with Gasteiger partial charge in [0, 0.05) is 23.5 Å². The molecule has 3 rings (SSSR count). The first-order chi connectivity index (χ1) is 12.7. The molecule has 1 N–H and O–H groups in total. The van der Waals surface area contributed by atoms with Crippen LogP contribution in [0.1, 0.15) is 44.3 Å². The zero-order chi connectivity index (χ0) is 19.7. The minimum atomic E-state index is -4.70. The second-order valence-corrected chi connectivity index (χ2v) is 7.44. The summed E-state index contributed by atoms with van der Waals surface area (Å²) in [5.41, 5.74) is -0.203. The first-order valence-corrected chi connectivity index (χ1v) is 9.17. The predicted octanol–water partition coefficient (Wildman–Crippen LogP) is 4.85. The van der Waals surface area contributed by atoms with E-state index in [9.17, 15) is 17.6 Å². The van der Waals surface area contributed by atoms with Gasteiger partial charge in [-0.05, 0) is 39.1 Å². The van der Waals surface area contributed by atoms with Gasteiger partial charge in [0.1, 0.15) is 11.6 Å². The minimum absolute atomic E-state index is 0.0559. The molecule has 0 saturated heterocycles. The topological polar surface area (TPSA) is 41.0 Å². The van der Waals surface area contributed by atoms with Crippen molar-refractivity contribution in [1.82, 2.24) is 14.9 Å². The Kier molecular flexibility index (Phi) is 5.55. The highest BCUT2D eigenvalue weighted by Crippen LogP contribution is 2.34. The second kappa shape index (κ2) is 7.58. The monoisotopic (exact) mass is 384 g/mol. The van der Waals surface area contributed by atoms with Gasteiger partial charge >= 0.3 is 6.18 Å². The molecule has 0 bridgehead atoms. The number of nitrogens with zero attached hydrogens (tertiary/aromatic N) is 3. The summed E-state index contributed by atoms with van der Waals surface area (Å²) in [6, 6.07) is 3.63. The molecule has 1 fully saturated rings. The lowest BCUT2D eigenvalue weighted by Crippen LogP contribution is -2.49. The Bertz CT molecular complexity index is 796. The Morgan fingerprint density at radius 2 is 1.74 bits per heavy atom. The maximum absolute atomic E-state index is 13.5. The van der Waals surface area contributed by atoms with Gasteiger partial charge < -0.3 is 10.2 Å². The van der Waals surface area contributed by atoms with Crippen LogP contribution in [-0.2, 0) is 6.18 Å². The summed E-state index contributed by atoms with van der Waals surface area (Å²) < 4.78 is 53.1. The van der Waals surface area contributed by atoms with Crippen LogP contribution in [-0.4, -0.2) is 41.0 Å². The van der Waals surface area contributed by atoms with E-state index in [-0.39, 0.29) is 16.9 Å². The number of alkyl halides is 3. The number of benzene rings is 1. The fourth-order valence-corrected chi connectivity index (χ4v) is 3.78. The first kappa shape index (κ1) is 19.8. The van der Waals surface area contributed by atoms with Crippen molar-refractivity contribution in [2.24, 2.45) is 0 Å². The average molecular weight is 384 g/mol. The SMILES string of the molecule is CN(C)C1(CNc2nc(C(F)(F)F)nc3cc(F)ccc23)CCCCCC1. The summed E-state index contributed by atoms with van der Waals surface area (Å²) in [6.45, 7) is 0.473. The van der Waals surface area contributed by atoms with Crippen molar-refractivity contribution in [3.05, 3.63) is 29.8 Å². The number of hydrogen-bond donors (Lipinski definition) is 1. The van der Waals surface area contributed by atoms with E-state index in [1.54, 1.807) is 0 Å². The van der Waals surface area contributed by atoms with E-state index in [0.29, 0.717) is 11.9 Å². The van der Waals surface area contributed by atoms with E-state index in [2.05, 4.69) is 20.2 Å². The smallest absolute Gasteiger partial charge is 0.368 e. The molecule has 4 nitrogen and oxygen atoms in total. The predicted molar refractivity (Wildman–Crippen MR) is 97.1 cm³/mol. The van der Waals surface area contributed by atoms with Gasteiger partial charge in [0.05, 0.1) is 5.52 Å². The maximum Gasteiger partial charge on any atom is 0.451 e. The normalized spacial score (nSPS) is 17.9. The van der Waals surface area contributed by atoms with Crippen molar-refractivity contribution in [2.45, 2.75) is 50.2 Å². The summed E-state index contributed by atoms with van der Waals surface area (Å²) in [5, 5.41) is 3.51. The Balaban J connectivity index is 1.97. The molecule has 0 amide bonds. The lowest BCUT2D eigenvalue weighted by atomic mass is 9.88. The van der Waals surface area contributed by atoms with Crippen LogP contribution in [0.5, 0.6) is 0 Å². The Labute approximate surface area is 156 Å². The van der Waals surface area contributed by atoms with E-state index < -0.39 is 17.8 Å². The number of halogens is 4. The number of likely N-dealkylation sites (N-methyl/N-ethyl adjacent to an activating group) is 1. The van der Waals surface area contributed by atoms with Crippen LogP contribution in [0.15, 0.2) is 18.2 Å². The van der Waals surface area contributed by atoms with Crippen molar-refractivity contribution in [3.8, 4) is 0 Å². The summed E-state index contributed by atoms with van der Waals surface area (Å²) in [5.74, 6) is -1.80. The quantitative estimate of drug-likeness (QED) is 0.604. The van der Waals surface area contributed by atoms with Gasteiger partial charge in [0.25, 0.3) is 0 Å². The summed E-state index contributed by atoms with van der Waals surface area (Å²) in [7, 11) is 4.00. The third-order valence-corrected chi connectivity index (χ3v) is 5.48. The molecule has 0 atom stereocenters. The van der Waals surface area contributed by atoms with Crippen molar-refractivity contribution in [3.63, 3.8) is 0 Å². The molecule has 1 aromatic carbocycles.